The van der Waals surface area contributed by atoms with Crippen molar-refractivity contribution in [3.63, 3.8) is 0 Å². The Bertz CT molecular complexity index is 423. The first-order valence-electron chi connectivity index (χ1n) is 6.64. The number of nitrogens with zero attached hydrogens (tertiary/aromatic N) is 3. The molecule has 1 aliphatic rings. The van der Waals surface area contributed by atoms with E-state index in [1.54, 1.807) is 4.68 Å². The molecule has 5 nitrogen and oxygen atoms in total. The lowest BCUT2D eigenvalue weighted by Gasteiger charge is -2.37. The van der Waals surface area contributed by atoms with Crippen molar-refractivity contribution in [2.24, 2.45) is 12.8 Å². The number of carbonyl (C=O) groups is 1. The molecule has 0 aliphatic heterocycles. The molecule has 0 saturated heterocycles. The molecule has 0 unspecified atom stereocenters. The van der Waals surface area contributed by atoms with E-state index < -0.39 is 0 Å². The van der Waals surface area contributed by atoms with E-state index in [9.17, 15) is 4.79 Å². The summed E-state index contributed by atoms with van der Waals surface area (Å²) in [5, 5.41) is 4.24. The zero-order valence-corrected chi connectivity index (χ0v) is 11.2. The molecule has 1 heterocycles. The Kier molecular flexibility index (Phi) is 4.01. The molecule has 0 bridgehead atoms. The van der Waals surface area contributed by atoms with Gasteiger partial charge >= 0.3 is 0 Å². The minimum absolute atomic E-state index is 0.110. The number of carbonyl (C=O) groups excluding carboxylic acids is 1. The number of hydrogen-bond acceptors (Lipinski definition) is 3. The standard InChI is InChI=1S/C13H22N4O/c1-10-12(9-16(2)15-10)13(18)17(8-4-7-14)11-5-3-6-11/h9,11H,3-8,14H2,1-2H3. The Morgan fingerprint density at radius 3 is 2.78 bits per heavy atom. The predicted molar refractivity (Wildman–Crippen MR) is 70.3 cm³/mol. The predicted octanol–water partition coefficient (Wildman–Crippen LogP) is 1.07. The highest BCUT2D eigenvalue weighted by Crippen LogP contribution is 2.26. The molecule has 5 heteroatoms. The van der Waals surface area contributed by atoms with Gasteiger partial charge in [-0.2, -0.15) is 5.10 Å². The Morgan fingerprint density at radius 1 is 1.61 bits per heavy atom. The molecule has 0 atom stereocenters. The number of rotatable bonds is 5. The van der Waals surface area contributed by atoms with Crippen LogP contribution < -0.4 is 5.73 Å². The summed E-state index contributed by atoms with van der Waals surface area (Å²) in [6, 6.07) is 0.406. The van der Waals surface area contributed by atoms with Crippen molar-refractivity contribution in [2.75, 3.05) is 13.1 Å². The summed E-state index contributed by atoms with van der Waals surface area (Å²) in [4.78, 5) is 14.5. The summed E-state index contributed by atoms with van der Waals surface area (Å²) >= 11 is 0. The summed E-state index contributed by atoms with van der Waals surface area (Å²) in [6.07, 6.45) is 6.14. The number of aryl methyl sites for hydroxylation is 2. The second-order valence-corrected chi connectivity index (χ2v) is 5.03. The fourth-order valence-corrected chi connectivity index (χ4v) is 2.37. The zero-order chi connectivity index (χ0) is 13.1. The second-order valence-electron chi connectivity index (χ2n) is 5.03. The van der Waals surface area contributed by atoms with E-state index in [0.717, 1.165) is 37.1 Å². The third kappa shape index (κ3) is 2.56. The van der Waals surface area contributed by atoms with Crippen molar-refractivity contribution in [3.8, 4) is 0 Å². The van der Waals surface area contributed by atoms with Crippen LogP contribution in [0.3, 0.4) is 0 Å². The van der Waals surface area contributed by atoms with Crippen LogP contribution in [-0.2, 0) is 7.05 Å². The molecular weight excluding hydrogens is 228 g/mol. The van der Waals surface area contributed by atoms with Crippen molar-refractivity contribution in [1.82, 2.24) is 14.7 Å². The van der Waals surface area contributed by atoms with Crippen LogP contribution in [-0.4, -0.2) is 39.7 Å². The molecule has 0 spiro atoms. The number of hydrogen-bond donors (Lipinski definition) is 1. The third-order valence-electron chi connectivity index (χ3n) is 3.62. The monoisotopic (exact) mass is 250 g/mol. The summed E-state index contributed by atoms with van der Waals surface area (Å²) in [5.41, 5.74) is 7.08. The van der Waals surface area contributed by atoms with Gasteiger partial charge in [-0.3, -0.25) is 9.48 Å². The Balaban J connectivity index is 2.13. The van der Waals surface area contributed by atoms with Gasteiger partial charge in [-0.25, -0.2) is 0 Å². The van der Waals surface area contributed by atoms with E-state index in [4.69, 9.17) is 5.73 Å². The van der Waals surface area contributed by atoms with Gasteiger partial charge < -0.3 is 10.6 Å². The largest absolute Gasteiger partial charge is 0.336 e. The van der Waals surface area contributed by atoms with Crippen molar-refractivity contribution < 1.29 is 4.79 Å². The van der Waals surface area contributed by atoms with E-state index in [1.807, 2.05) is 25.1 Å². The van der Waals surface area contributed by atoms with Crippen LogP contribution in [0.4, 0.5) is 0 Å². The van der Waals surface area contributed by atoms with Crippen molar-refractivity contribution in [1.29, 1.82) is 0 Å². The summed E-state index contributed by atoms with van der Waals surface area (Å²) < 4.78 is 1.70. The Morgan fingerprint density at radius 2 is 2.33 bits per heavy atom. The van der Waals surface area contributed by atoms with Gasteiger partial charge in [-0.15, -0.1) is 0 Å². The SMILES string of the molecule is Cc1nn(C)cc1C(=O)N(CCCN)C1CCC1. The van der Waals surface area contributed by atoms with E-state index in [2.05, 4.69) is 5.10 Å². The minimum Gasteiger partial charge on any atom is -0.336 e. The number of nitrogens with two attached hydrogens (primary N) is 1. The van der Waals surface area contributed by atoms with Crippen molar-refractivity contribution >= 4 is 5.91 Å². The van der Waals surface area contributed by atoms with Gasteiger partial charge in [0.2, 0.25) is 0 Å². The first-order valence-corrected chi connectivity index (χ1v) is 6.64. The van der Waals surface area contributed by atoms with Gasteiger partial charge in [0.25, 0.3) is 5.91 Å². The highest BCUT2D eigenvalue weighted by atomic mass is 16.2. The smallest absolute Gasteiger partial charge is 0.257 e. The molecular formula is C13H22N4O. The van der Waals surface area contributed by atoms with Crippen LogP contribution in [0.5, 0.6) is 0 Å². The summed E-state index contributed by atoms with van der Waals surface area (Å²) in [6.45, 7) is 3.27. The second kappa shape index (κ2) is 5.52. The molecule has 1 aliphatic carbocycles. The maximum atomic E-state index is 12.6. The van der Waals surface area contributed by atoms with Crippen LogP contribution in [0, 0.1) is 6.92 Å². The average Bonchev–Trinajstić information content (AvgIpc) is 2.60. The first-order chi connectivity index (χ1) is 8.63. The van der Waals surface area contributed by atoms with Gasteiger partial charge in [0.1, 0.15) is 0 Å². The normalized spacial score (nSPS) is 15.5. The Labute approximate surface area is 108 Å². The van der Waals surface area contributed by atoms with Crippen LogP contribution in [0.15, 0.2) is 6.20 Å². The van der Waals surface area contributed by atoms with Crippen molar-refractivity contribution in [3.05, 3.63) is 17.5 Å². The highest BCUT2D eigenvalue weighted by molar-refractivity contribution is 5.95. The van der Waals surface area contributed by atoms with Gasteiger partial charge in [0.05, 0.1) is 11.3 Å². The maximum absolute atomic E-state index is 12.6. The van der Waals surface area contributed by atoms with Gasteiger partial charge in [-0.1, -0.05) is 0 Å². The number of aromatic nitrogens is 2. The van der Waals surface area contributed by atoms with E-state index in [0.29, 0.717) is 12.6 Å². The van der Waals surface area contributed by atoms with Crippen LogP contribution >= 0.6 is 0 Å². The fraction of sp³-hybridized carbons (Fsp3) is 0.692. The van der Waals surface area contributed by atoms with Gasteiger partial charge in [0, 0.05) is 25.8 Å². The quantitative estimate of drug-likeness (QED) is 0.850. The summed E-state index contributed by atoms with van der Waals surface area (Å²) in [5.74, 6) is 0.110. The number of amides is 1. The topological polar surface area (TPSA) is 64.2 Å². The van der Waals surface area contributed by atoms with Crippen LogP contribution in [0.1, 0.15) is 41.7 Å². The van der Waals surface area contributed by atoms with E-state index in [-0.39, 0.29) is 5.91 Å². The van der Waals surface area contributed by atoms with Crippen LogP contribution in [0.25, 0.3) is 0 Å². The van der Waals surface area contributed by atoms with E-state index >= 15 is 0 Å². The molecule has 100 valence electrons. The Hall–Kier alpha value is -1.36. The van der Waals surface area contributed by atoms with Crippen LogP contribution in [0.2, 0.25) is 0 Å². The first kappa shape index (κ1) is 13.1. The minimum atomic E-state index is 0.110. The maximum Gasteiger partial charge on any atom is 0.257 e. The molecule has 1 aromatic rings. The van der Waals surface area contributed by atoms with Gasteiger partial charge in [-0.05, 0) is 39.2 Å². The average molecular weight is 250 g/mol. The molecule has 0 radical (unpaired) electrons. The molecule has 2 N–H and O–H groups in total. The van der Waals surface area contributed by atoms with E-state index in [1.165, 1.54) is 6.42 Å². The third-order valence-corrected chi connectivity index (χ3v) is 3.62. The lowest BCUT2D eigenvalue weighted by Crippen LogP contribution is -2.45. The molecule has 1 aromatic heterocycles. The highest BCUT2D eigenvalue weighted by Gasteiger charge is 2.30. The molecule has 1 amide bonds. The fourth-order valence-electron chi connectivity index (χ4n) is 2.37. The molecule has 18 heavy (non-hydrogen) atoms. The lowest BCUT2D eigenvalue weighted by atomic mass is 9.91. The molecule has 2 rings (SSSR count). The molecule has 1 fully saturated rings. The lowest BCUT2D eigenvalue weighted by molar-refractivity contribution is 0.0577. The molecule has 0 aromatic carbocycles. The van der Waals surface area contributed by atoms with Crippen molar-refractivity contribution in [2.45, 2.75) is 38.6 Å². The van der Waals surface area contributed by atoms with Gasteiger partial charge in [0.15, 0.2) is 0 Å². The molecule has 1 saturated carbocycles. The summed E-state index contributed by atoms with van der Waals surface area (Å²) in [7, 11) is 1.84. The zero-order valence-electron chi connectivity index (χ0n) is 11.2.